The summed E-state index contributed by atoms with van der Waals surface area (Å²) in [5, 5.41) is 13.9. The van der Waals surface area contributed by atoms with Gasteiger partial charge in [0.15, 0.2) is 0 Å². The Bertz CT molecular complexity index is 230. The third kappa shape index (κ3) is 3.35. The van der Waals surface area contributed by atoms with Gasteiger partial charge in [-0.3, -0.25) is 4.79 Å². The maximum absolute atomic E-state index is 11.1. The van der Waals surface area contributed by atoms with Gasteiger partial charge in [-0.1, -0.05) is 6.42 Å². The average Bonchev–Trinajstić information content (AvgIpc) is 2.08. The van der Waals surface area contributed by atoms with E-state index < -0.39 is 0 Å². The number of carbonyl (C=O) groups is 1. The minimum Gasteiger partial charge on any atom is -0.342 e. The first-order valence-electron chi connectivity index (χ1n) is 5.11. The monoisotopic (exact) mass is 195 g/mol. The number of nitriles is 1. The molecule has 78 valence electrons. The summed E-state index contributed by atoms with van der Waals surface area (Å²) < 4.78 is 0. The number of amides is 1. The molecule has 2 N–H and O–H groups in total. The fourth-order valence-corrected chi connectivity index (χ4v) is 1.56. The Hall–Kier alpha value is -1.08. The van der Waals surface area contributed by atoms with E-state index >= 15 is 0 Å². The zero-order chi connectivity index (χ0) is 10.4. The van der Waals surface area contributed by atoms with E-state index in [1.807, 2.05) is 6.07 Å². The van der Waals surface area contributed by atoms with Crippen LogP contribution in [0.5, 0.6) is 0 Å². The first kappa shape index (κ1) is 11.0. The van der Waals surface area contributed by atoms with E-state index in [1.54, 1.807) is 0 Å². The summed E-state index contributed by atoms with van der Waals surface area (Å²) in [6.07, 6.45) is 3.86. The first-order chi connectivity index (χ1) is 6.74. The van der Waals surface area contributed by atoms with Crippen molar-refractivity contribution in [3.63, 3.8) is 0 Å². The summed E-state index contributed by atoms with van der Waals surface area (Å²) in [7, 11) is 0. The highest BCUT2D eigenvalue weighted by atomic mass is 16.1. The topological polar surface area (TPSA) is 64.9 Å². The molecule has 1 saturated carbocycles. The van der Waals surface area contributed by atoms with Gasteiger partial charge in [0.25, 0.3) is 0 Å². The van der Waals surface area contributed by atoms with Crippen molar-refractivity contribution < 1.29 is 4.79 Å². The lowest BCUT2D eigenvalue weighted by Gasteiger charge is -2.31. The Morgan fingerprint density at radius 1 is 1.64 bits per heavy atom. The molecule has 0 radical (unpaired) electrons. The number of carbonyl (C=O) groups excluding carboxylic acids is 1. The van der Waals surface area contributed by atoms with Crippen LogP contribution < -0.4 is 10.6 Å². The minimum atomic E-state index is -0.0993. The molecule has 0 spiro atoms. The van der Waals surface area contributed by atoms with Gasteiger partial charge in [-0.05, 0) is 25.7 Å². The van der Waals surface area contributed by atoms with Crippen LogP contribution in [-0.4, -0.2) is 25.0 Å². The molecule has 0 aromatic heterocycles. The third-order valence-corrected chi connectivity index (χ3v) is 2.81. The zero-order valence-corrected chi connectivity index (χ0v) is 8.55. The molecule has 1 rings (SSSR count). The van der Waals surface area contributed by atoms with Crippen LogP contribution in [0.2, 0.25) is 0 Å². The van der Waals surface area contributed by atoms with Gasteiger partial charge in [-0.25, -0.2) is 0 Å². The number of hydrogen-bond donors (Lipinski definition) is 2. The molecule has 1 aliphatic rings. The quantitative estimate of drug-likeness (QED) is 0.624. The third-order valence-electron chi connectivity index (χ3n) is 2.81. The Morgan fingerprint density at radius 2 is 2.36 bits per heavy atom. The lowest BCUT2D eigenvalue weighted by molar-refractivity contribution is -0.120. The molecule has 4 heteroatoms. The molecule has 4 nitrogen and oxygen atoms in total. The molecule has 0 aromatic rings. The molecular weight excluding hydrogens is 178 g/mol. The average molecular weight is 195 g/mol. The second kappa shape index (κ2) is 5.61. The van der Waals surface area contributed by atoms with E-state index in [0.29, 0.717) is 12.6 Å². The van der Waals surface area contributed by atoms with Crippen molar-refractivity contribution in [2.24, 2.45) is 5.92 Å². The maximum Gasteiger partial charge on any atom is 0.234 e. The molecule has 0 aliphatic heterocycles. The van der Waals surface area contributed by atoms with Gasteiger partial charge in [0, 0.05) is 6.04 Å². The van der Waals surface area contributed by atoms with Gasteiger partial charge in [0.1, 0.15) is 6.54 Å². The van der Waals surface area contributed by atoms with Gasteiger partial charge in [-0.15, -0.1) is 0 Å². The van der Waals surface area contributed by atoms with E-state index in [4.69, 9.17) is 5.26 Å². The van der Waals surface area contributed by atoms with Crippen LogP contribution in [0.3, 0.4) is 0 Å². The van der Waals surface area contributed by atoms with Crippen molar-refractivity contribution in [3.8, 4) is 6.07 Å². The predicted molar refractivity (Wildman–Crippen MR) is 53.4 cm³/mol. The smallest absolute Gasteiger partial charge is 0.234 e. The molecule has 1 atom stereocenters. The molecule has 1 aliphatic carbocycles. The van der Waals surface area contributed by atoms with Crippen molar-refractivity contribution in [3.05, 3.63) is 0 Å². The van der Waals surface area contributed by atoms with E-state index in [9.17, 15) is 4.79 Å². The Balaban J connectivity index is 2.07. The lowest BCUT2D eigenvalue weighted by Crippen LogP contribution is -2.42. The largest absolute Gasteiger partial charge is 0.342 e. The van der Waals surface area contributed by atoms with Crippen molar-refractivity contribution in [2.75, 3.05) is 13.1 Å². The van der Waals surface area contributed by atoms with Crippen LogP contribution >= 0.6 is 0 Å². The van der Waals surface area contributed by atoms with Crippen LogP contribution in [-0.2, 0) is 4.79 Å². The fourth-order valence-electron chi connectivity index (χ4n) is 1.56. The first-order valence-corrected chi connectivity index (χ1v) is 5.11. The summed E-state index contributed by atoms with van der Waals surface area (Å²) >= 11 is 0. The Kier molecular flexibility index (Phi) is 4.41. The summed E-state index contributed by atoms with van der Waals surface area (Å²) in [6.45, 7) is 2.53. The van der Waals surface area contributed by atoms with E-state index in [0.717, 1.165) is 5.92 Å². The highest BCUT2D eigenvalue weighted by molar-refractivity contribution is 5.78. The van der Waals surface area contributed by atoms with Crippen LogP contribution in [0.15, 0.2) is 0 Å². The van der Waals surface area contributed by atoms with Gasteiger partial charge in [0.2, 0.25) is 5.91 Å². The maximum atomic E-state index is 11.1. The zero-order valence-electron chi connectivity index (χ0n) is 8.55. The van der Waals surface area contributed by atoms with Gasteiger partial charge >= 0.3 is 0 Å². The second-order valence-corrected chi connectivity index (χ2v) is 3.80. The van der Waals surface area contributed by atoms with Crippen LogP contribution in [0.4, 0.5) is 0 Å². The molecule has 0 saturated heterocycles. The van der Waals surface area contributed by atoms with Gasteiger partial charge in [-0.2, -0.15) is 5.26 Å². The molecule has 0 bridgehead atoms. The normalized spacial score (nSPS) is 18.0. The number of rotatable bonds is 5. The Labute approximate surface area is 84.7 Å². The van der Waals surface area contributed by atoms with Crippen molar-refractivity contribution in [2.45, 2.75) is 32.2 Å². The Morgan fingerprint density at radius 3 is 2.86 bits per heavy atom. The van der Waals surface area contributed by atoms with Gasteiger partial charge in [0.05, 0.1) is 12.6 Å². The molecule has 1 amide bonds. The molecule has 14 heavy (non-hydrogen) atoms. The standard InChI is InChI=1S/C10H17N3O/c1-8(9-3-2-4-9)13-7-10(14)12-6-5-11/h8-9,13H,2-4,6-7H2,1H3,(H,12,14). The van der Waals surface area contributed by atoms with Crippen LogP contribution in [0.1, 0.15) is 26.2 Å². The van der Waals surface area contributed by atoms with Crippen LogP contribution in [0, 0.1) is 17.2 Å². The molecular formula is C10H17N3O. The van der Waals surface area contributed by atoms with Gasteiger partial charge < -0.3 is 10.6 Å². The van der Waals surface area contributed by atoms with E-state index in [2.05, 4.69) is 17.6 Å². The molecule has 1 unspecified atom stereocenters. The van der Waals surface area contributed by atoms with Crippen molar-refractivity contribution in [1.82, 2.24) is 10.6 Å². The summed E-state index contributed by atoms with van der Waals surface area (Å²) in [6, 6.07) is 2.29. The number of nitrogens with one attached hydrogen (secondary N) is 2. The highest BCUT2D eigenvalue weighted by Gasteiger charge is 2.23. The fraction of sp³-hybridized carbons (Fsp3) is 0.800. The number of nitrogens with zero attached hydrogens (tertiary/aromatic N) is 1. The SMILES string of the molecule is CC(NCC(=O)NCC#N)C1CCC1. The highest BCUT2D eigenvalue weighted by Crippen LogP contribution is 2.29. The molecule has 1 fully saturated rings. The predicted octanol–water partition coefficient (Wildman–Crippen LogP) is 0.404. The minimum absolute atomic E-state index is 0.0956. The summed E-state index contributed by atoms with van der Waals surface area (Å²) in [5.41, 5.74) is 0. The number of hydrogen-bond acceptors (Lipinski definition) is 3. The lowest BCUT2D eigenvalue weighted by atomic mass is 9.80. The van der Waals surface area contributed by atoms with Crippen molar-refractivity contribution >= 4 is 5.91 Å². The van der Waals surface area contributed by atoms with Crippen molar-refractivity contribution in [1.29, 1.82) is 5.26 Å². The second-order valence-electron chi connectivity index (χ2n) is 3.80. The van der Waals surface area contributed by atoms with E-state index in [-0.39, 0.29) is 12.5 Å². The van der Waals surface area contributed by atoms with E-state index in [1.165, 1.54) is 19.3 Å². The summed E-state index contributed by atoms with van der Waals surface area (Å²) in [4.78, 5) is 11.1. The summed E-state index contributed by atoms with van der Waals surface area (Å²) in [5.74, 6) is 0.636. The molecule has 0 heterocycles. The molecule has 0 aromatic carbocycles. The van der Waals surface area contributed by atoms with Crippen LogP contribution in [0.25, 0.3) is 0 Å².